The summed E-state index contributed by atoms with van der Waals surface area (Å²) in [7, 11) is 1.85. The Morgan fingerprint density at radius 1 is 1.26 bits per heavy atom. The number of alkyl carbamates (subject to hydrolysis) is 1. The second-order valence-corrected chi connectivity index (χ2v) is 9.64. The third kappa shape index (κ3) is 6.23. The van der Waals surface area contributed by atoms with Gasteiger partial charge in [0.05, 0.1) is 6.20 Å². The first-order valence-electron chi connectivity index (χ1n) is 10.5. The lowest BCUT2D eigenvalue weighted by Gasteiger charge is -2.37. The van der Waals surface area contributed by atoms with Gasteiger partial charge in [0.15, 0.2) is 0 Å². The van der Waals surface area contributed by atoms with E-state index in [0.29, 0.717) is 12.3 Å². The van der Waals surface area contributed by atoms with Crippen LogP contribution in [0.2, 0.25) is 5.02 Å². The molecule has 168 valence electrons. The van der Waals surface area contributed by atoms with E-state index >= 15 is 0 Å². The Balaban J connectivity index is 1.62. The number of benzene rings is 1. The quantitative estimate of drug-likeness (QED) is 0.705. The second kappa shape index (κ2) is 9.30. The van der Waals surface area contributed by atoms with E-state index in [-0.39, 0.29) is 11.9 Å². The minimum absolute atomic E-state index is 0.0751. The Hall–Kier alpha value is -2.54. The van der Waals surface area contributed by atoms with Gasteiger partial charge in [-0.15, -0.1) is 0 Å². The maximum atomic E-state index is 13.0. The summed E-state index contributed by atoms with van der Waals surface area (Å²) in [5.41, 5.74) is 2.45. The van der Waals surface area contributed by atoms with Crippen molar-refractivity contribution in [2.24, 2.45) is 7.05 Å². The number of hydrogen-bond donors (Lipinski definition) is 2. The van der Waals surface area contributed by atoms with Gasteiger partial charge in [-0.05, 0) is 69.7 Å². The molecule has 0 spiro atoms. The minimum Gasteiger partial charge on any atom is -0.444 e. The predicted molar refractivity (Wildman–Crippen MR) is 120 cm³/mol. The van der Waals surface area contributed by atoms with Crippen molar-refractivity contribution < 1.29 is 14.3 Å². The summed E-state index contributed by atoms with van der Waals surface area (Å²) in [5, 5.41) is 10.8. The fourth-order valence-electron chi connectivity index (χ4n) is 3.67. The lowest BCUT2D eigenvalue weighted by molar-refractivity contribution is -0.124. The van der Waals surface area contributed by atoms with Gasteiger partial charge in [0, 0.05) is 30.2 Å². The molecule has 2 N–H and O–H groups in total. The molecule has 1 aliphatic carbocycles. The SMILES string of the molecule is Cc1c(CC(NC(=O)OC(C)(C)C)C(=O)NC2CC(c3ccc(Cl)cc3)C2)cnn1C. The highest BCUT2D eigenvalue weighted by Crippen LogP contribution is 2.37. The van der Waals surface area contributed by atoms with Gasteiger partial charge in [-0.3, -0.25) is 9.48 Å². The summed E-state index contributed by atoms with van der Waals surface area (Å²) in [6, 6.07) is 7.17. The maximum absolute atomic E-state index is 13.0. The van der Waals surface area contributed by atoms with Crippen LogP contribution in [0.15, 0.2) is 30.5 Å². The molecule has 2 amide bonds. The molecule has 1 saturated carbocycles. The summed E-state index contributed by atoms with van der Waals surface area (Å²) in [6.07, 6.45) is 3.18. The molecular formula is C23H31ClN4O3. The number of aryl methyl sites for hydroxylation is 1. The van der Waals surface area contributed by atoms with Crippen LogP contribution in [0.1, 0.15) is 56.4 Å². The van der Waals surface area contributed by atoms with E-state index < -0.39 is 17.7 Å². The number of nitrogens with one attached hydrogen (secondary N) is 2. The number of aromatic nitrogens is 2. The van der Waals surface area contributed by atoms with Crippen LogP contribution in [0.5, 0.6) is 0 Å². The molecule has 1 unspecified atom stereocenters. The molecule has 1 aliphatic rings. The maximum Gasteiger partial charge on any atom is 0.408 e. The fraction of sp³-hybridized carbons (Fsp3) is 0.522. The Bertz CT molecular complexity index is 927. The molecule has 0 radical (unpaired) electrons. The van der Waals surface area contributed by atoms with E-state index in [1.54, 1.807) is 31.6 Å². The Kier molecular flexibility index (Phi) is 6.94. The molecule has 1 fully saturated rings. The Labute approximate surface area is 188 Å². The van der Waals surface area contributed by atoms with Crippen LogP contribution < -0.4 is 10.6 Å². The van der Waals surface area contributed by atoms with Gasteiger partial charge in [-0.25, -0.2) is 4.79 Å². The summed E-state index contributed by atoms with van der Waals surface area (Å²) in [4.78, 5) is 25.4. The molecule has 1 atom stereocenters. The van der Waals surface area contributed by atoms with Crippen LogP contribution in [0.4, 0.5) is 4.79 Å². The van der Waals surface area contributed by atoms with Crippen LogP contribution in [-0.2, 0) is 23.0 Å². The van der Waals surface area contributed by atoms with Gasteiger partial charge < -0.3 is 15.4 Å². The summed E-state index contributed by atoms with van der Waals surface area (Å²) in [5.74, 6) is 0.189. The highest BCUT2D eigenvalue weighted by molar-refractivity contribution is 6.30. The third-order valence-corrected chi connectivity index (χ3v) is 5.85. The lowest BCUT2D eigenvalue weighted by atomic mass is 9.76. The van der Waals surface area contributed by atoms with E-state index in [4.69, 9.17) is 16.3 Å². The van der Waals surface area contributed by atoms with Crippen LogP contribution in [0, 0.1) is 6.92 Å². The molecule has 1 aromatic heterocycles. The zero-order valence-electron chi connectivity index (χ0n) is 18.7. The van der Waals surface area contributed by atoms with Gasteiger partial charge in [-0.2, -0.15) is 5.10 Å². The zero-order chi connectivity index (χ0) is 22.8. The first-order valence-corrected chi connectivity index (χ1v) is 10.9. The van der Waals surface area contributed by atoms with Crippen molar-refractivity contribution in [3.8, 4) is 0 Å². The van der Waals surface area contributed by atoms with Gasteiger partial charge in [0.1, 0.15) is 11.6 Å². The molecule has 0 saturated heterocycles. The van der Waals surface area contributed by atoms with Crippen molar-refractivity contribution in [1.82, 2.24) is 20.4 Å². The number of nitrogens with zero attached hydrogens (tertiary/aromatic N) is 2. The van der Waals surface area contributed by atoms with Crippen molar-refractivity contribution in [2.45, 2.75) is 70.6 Å². The molecule has 31 heavy (non-hydrogen) atoms. The van der Waals surface area contributed by atoms with E-state index in [9.17, 15) is 9.59 Å². The first-order chi connectivity index (χ1) is 14.5. The van der Waals surface area contributed by atoms with Crippen LogP contribution in [0.3, 0.4) is 0 Å². The molecule has 1 aromatic carbocycles. The largest absolute Gasteiger partial charge is 0.444 e. The molecule has 3 rings (SSSR count). The van der Waals surface area contributed by atoms with E-state index in [2.05, 4.69) is 15.7 Å². The number of ether oxygens (including phenoxy) is 1. The summed E-state index contributed by atoms with van der Waals surface area (Å²) >= 11 is 5.96. The molecule has 7 nitrogen and oxygen atoms in total. The number of carbonyl (C=O) groups is 2. The van der Waals surface area contributed by atoms with Crippen molar-refractivity contribution >= 4 is 23.6 Å². The molecule has 0 bridgehead atoms. The smallest absolute Gasteiger partial charge is 0.408 e. The van der Waals surface area contributed by atoms with Crippen molar-refractivity contribution in [2.75, 3.05) is 0 Å². The summed E-state index contributed by atoms with van der Waals surface area (Å²) in [6.45, 7) is 7.31. The number of carbonyl (C=O) groups excluding carboxylic acids is 2. The number of rotatable bonds is 6. The average Bonchev–Trinajstić information content (AvgIpc) is 2.95. The first kappa shape index (κ1) is 23.1. The fourth-order valence-corrected chi connectivity index (χ4v) is 3.79. The highest BCUT2D eigenvalue weighted by Gasteiger charge is 2.34. The standard InChI is InChI=1S/C23H31ClN4O3/c1-14-17(13-25-28(14)5)12-20(27-22(30)31-23(2,3)4)21(29)26-19-10-16(11-19)15-6-8-18(24)9-7-15/h6-9,13,16,19-20H,10-12H2,1-5H3,(H,26,29)(H,27,30). The Morgan fingerprint density at radius 3 is 2.45 bits per heavy atom. The highest BCUT2D eigenvalue weighted by atomic mass is 35.5. The average molecular weight is 447 g/mol. The van der Waals surface area contributed by atoms with Crippen molar-refractivity contribution in [3.63, 3.8) is 0 Å². The normalized spacial score (nSPS) is 19.3. The van der Waals surface area contributed by atoms with E-state index in [1.165, 1.54) is 5.56 Å². The van der Waals surface area contributed by atoms with Gasteiger partial charge in [-0.1, -0.05) is 23.7 Å². The second-order valence-electron chi connectivity index (χ2n) is 9.21. The third-order valence-electron chi connectivity index (χ3n) is 5.59. The van der Waals surface area contributed by atoms with E-state index in [1.807, 2.05) is 38.2 Å². The summed E-state index contributed by atoms with van der Waals surface area (Å²) < 4.78 is 7.11. The van der Waals surface area contributed by atoms with Crippen LogP contribution in [-0.4, -0.2) is 39.5 Å². The molecule has 1 heterocycles. The molecule has 8 heteroatoms. The Morgan fingerprint density at radius 2 is 1.90 bits per heavy atom. The van der Waals surface area contributed by atoms with Gasteiger partial charge >= 0.3 is 6.09 Å². The molecule has 2 aromatic rings. The minimum atomic E-state index is -0.743. The topological polar surface area (TPSA) is 85.2 Å². The number of amides is 2. The zero-order valence-corrected chi connectivity index (χ0v) is 19.5. The number of halogens is 1. The van der Waals surface area contributed by atoms with E-state index in [0.717, 1.165) is 29.1 Å². The van der Waals surface area contributed by atoms with Gasteiger partial charge in [0.25, 0.3) is 0 Å². The van der Waals surface area contributed by atoms with Crippen LogP contribution >= 0.6 is 11.6 Å². The number of hydrogen-bond acceptors (Lipinski definition) is 4. The predicted octanol–water partition coefficient (Wildman–Crippen LogP) is 3.88. The molecular weight excluding hydrogens is 416 g/mol. The molecule has 0 aliphatic heterocycles. The van der Waals surface area contributed by atoms with Crippen LogP contribution in [0.25, 0.3) is 0 Å². The van der Waals surface area contributed by atoms with Crippen molar-refractivity contribution in [1.29, 1.82) is 0 Å². The lowest BCUT2D eigenvalue weighted by Crippen LogP contribution is -2.53. The van der Waals surface area contributed by atoms with Crippen molar-refractivity contribution in [3.05, 3.63) is 52.3 Å². The monoisotopic (exact) mass is 446 g/mol. The van der Waals surface area contributed by atoms with Gasteiger partial charge in [0.2, 0.25) is 5.91 Å².